The van der Waals surface area contributed by atoms with Crippen molar-refractivity contribution in [2.75, 3.05) is 33.2 Å². The zero-order chi connectivity index (χ0) is 17.8. The van der Waals surface area contributed by atoms with Gasteiger partial charge in [-0.2, -0.15) is 0 Å². The molecule has 2 aromatic rings. The van der Waals surface area contributed by atoms with Crippen molar-refractivity contribution in [1.29, 1.82) is 0 Å². The average Bonchev–Trinajstić information content (AvgIpc) is 3.17. The van der Waals surface area contributed by atoms with Gasteiger partial charge in [-0.3, -0.25) is 4.90 Å². The van der Waals surface area contributed by atoms with Crippen molar-refractivity contribution in [3.63, 3.8) is 0 Å². The first-order chi connectivity index (χ1) is 12.0. The lowest BCUT2D eigenvalue weighted by Gasteiger charge is -2.34. The van der Waals surface area contributed by atoms with Crippen LogP contribution in [-0.4, -0.2) is 64.4 Å². The fourth-order valence-corrected chi connectivity index (χ4v) is 3.46. The molecule has 0 aliphatic carbocycles. The molecule has 1 aliphatic heterocycles. The predicted molar refractivity (Wildman–Crippen MR) is 93.9 cm³/mol. The van der Waals surface area contributed by atoms with Gasteiger partial charge in [0.15, 0.2) is 5.76 Å². The summed E-state index contributed by atoms with van der Waals surface area (Å²) in [5, 5.41) is 17.7. The second kappa shape index (κ2) is 8.12. The molecule has 1 atom stereocenters. The predicted octanol–water partition coefficient (Wildman–Crippen LogP) is 2.16. The molecule has 1 saturated heterocycles. The first-order valence-electron chi connectivity index (χ1n) is 8.97. The minimum atomic E-state index is -0.247. The lowest BCUT2D eigenvalue weighted by molar-refractivity contribution is 0.0911. The van der Waals surface area contributed by atoms with E-state index >= 15 is 0 Å². The number of aliphatic hydroxyl groups excluding tert-OH is 1. The van der Waals surface area contributed by atoms with Crippen LogP contribution in [-0.2, 0) is 6.54 Å². The van der Waals surface area contributed by atoms with E-state index in [0.717, 1.165) is 44.6 Å². The summed E-state index contributed by atoms with van der Waals surface area (Å²) in [7, 11) is 2.09. The third-order valence-electron chi connectivity index (χ3n) is 4.73. The van der Waals surface area contributed by atoms with Gasteiger partial charge in [0.25, 0.3) is 5.89 Å². The van der Waals surface area contributed by atoms with E-state index in [1.165, 1.54) is 0 Å². The smallest absolute Gasteiger partial charge is 0.283 e. The monoisotopic (exact) mass is 348 g/mol. The number of likely N-dealkylation sites (tertiary alicyclic amines) is 1. The van der Waals surface area contributed by atoms with Crippen LogP contribution in [0.3, 0.4) is 0 Å². The van der Waals surface area contributed by atoms with Crippen LogP contribution in [0, 0.1) is 12.8 Å². The molecule has 2 aromatic heterocycles. The molecule has 25 heavy (non-hydrogen) atoms. The number of aromatic nitrogens is 2. The molecule has 0 radical (unpaired) electrons. The quantitative estimate of drug-likeness (QED) is 0.821. The fourth-order valence-electron chi connectivity index (χ4n) is 3.46. The standard InChI is InChI=1S/C18H28N4O3/c1-13-6-9-24-17(13)18-20-19-16(25-18)12-21(3)11-15-4-7-22(8-5-15)10-14(2)23/h6,9,14-15,23H,4-5,7-8,10-12H2,1-3H3/t14-/m1/s1. The topological polar surface area (TPSA) is 78.8 Å². The second-order valence-corrected chi connectivity index (χ2v) is 7.22. The van der Waals surface area contributed by atoms with E-state index in [1.54, 1.807) is 6.26 Å². The van der Waals surface area contributed by atoms with Crippen LogP contribution in [0.4, 0.5) is 0 Å². The van der Waals surface area contributed by atoms with Crippen LogP contribution < -0.4 is 0 Å². The highest BCUT2D eigenvalue weighted by molar-refractivity contribution is 5.49. The maximum absolute atomic E-state index is 9.49. The lowest BCUT2D eigenvalue weighted by atomic mass is 9.96. The minimum Gasteiger partial charge on any atom is -0.459 e. The van der Waals surface area contributed by atoms with Crippen molar-refractivity contribution in [1.82, 2.24) is 20.0 Å². The highest BCUT2D eigenvalue weighted by atomic mass is 16.4. The highest BCUT2D eigenvalue weighted by Crippen LogP contribution is 2.23. The van der Waals surface area contributed by atoms with E-state index in [-0.39, 0.29) is 6.10 Å². The molecule has 0 unspecified atom stereocenters. The summed E-state index contributed by atoms with van der Waals surface area (Å²) in [5.41, 5.74) is 0.993. The van der Waals surface area contributed by atoms with E-state index < -0.39 is 0 Å². The number of furan rings is 1. The van der Waals surface area contributed by atoms with Crippen LogP contribution in [0.25, 0.3) is 11.7 Å². The Morgan fingerprint density at radius 1 is 1.36 bits per heavy atom. The molecule has 1 N–H and O–H groups in total. The van der Waals surface area contributed by atoms with Crippen LogP contribution >= 0.6 is 0 Å². The third-order valence-corrected chi connectivity index (χ3v) is 4.73. The first-order valence-corrected chi connectivity index (χ1v) is 8.97. The van der Waals surface area contributed by atoms with Crippen molar-refractivity contribution in [2.45, 2.75) is 39.3 Å². The Morgan fingerprint density at radius 3 is 2.76 bits per heavy atom. The third kappa shape index (κ3) is 4.90. The Morgan fingerprint density at radius 2 is 2.12 bits per heavy atom. The number of hydrogen-bond acceptors (Lipinski definition) is 7. The van der Waals surface area contributed by atoms with Gasteiger partial charge in [0.1, 0.15) is 0 Å². The Kier molecular flexibility index (Phi) is 5.88. The van der Waals surface area contributed by atoms with Crippen LogP contribution in [0.1, 0.15) is 31.2 Å². The number of aliphatic hydroxyl groups is 1. The largest absolute Gasteiger partial charge is 0.459 e. The molecule has 1 aliphatic rings. The molecule has 0 aromatic carbocycles. The van der Waals surface area contributed by atoms with Gasteiger partial charge >= 0.3 is 0 Å². The van der Waals surface area contributed by atoms with Gasteiger partial charge in [-0.05, 0) is 58.8 Å². The first kappa shape index (κ1) is 18.1. The summed E-state index contributed by atoms with van der Waals surface area (Å²) >= 11 is 0. The van der Waals surface area contributed by atoms with E-state index in [9.17, 15) is 5.11 Å². The van der Waals surface area contributed by atoms with E-state index in [0.29, 0.717) is 30.0 Å². The number of rotatable bonds is 7. The normalized spacial score (nSPS) is 18.1. The summed E-state index contributed by atoms with van der Waals surface area (Å²) in [6, 6.07) is 1.88. The molecule has 0 amide bonds. The molecule has 3 heterocycles. The van der Waals surface area contributed by atoms with Gasteiger partial charge in [0.2, 0.25) is 5.89 Å². The molecular formula is C18H28N4O3. The highest BCUT2D eigenvalue weighted by Gasteiger charge is 2.22. The number of aryl methyl sites for hydroxylation is 1. The Labute approximate surface area is 148 Å². The van der Waals surface area contributed by atoms with Crippen LogP contribution in [0.15, 0.2) is 21.2 Å². The zero-order valence-corrected chi connectivity index (χ0v) is 15.3. The van der Waals surface area contributed by atoms with Gasteiger partial charge in [-0.1, -0.05) is 0 Å². The Balaban J connectivity index is 1.46. The van der Waals surface area contributed by atoms with Crippen molar-refractivity contribution >= 4 is 0 Å². The molecular weight excluding hydrogens is 320 g/mol. The SMILES string of the molecule is Cc1ccoc1-c1nnc(CN(C)CC2CCN(C[C@@H](C)O)CC2)o1. The fraction of sp³-hybridized carbons (Fsp3) is 0.667. The van der Waals surface area contributed by atoms with Crippen molar-refractivity contribution < 1.29 is 13.9 Å². The maximum Gasteiger partial charge on any atom is 0.283 e. The number of piperidine rings is 1. The summed E-state index contributed by atoms with van der Waals surface area (Å²) in [6.07, 6.45) is 3.71. The van der Waals surface area contributed by atoms with Crippen molar-refractivity contribution in [3.8, 4) is 11.7 Å². The Bertz CT molecular complexity index is 659. The maximum atomic E-state index is 9.49. The second-order valence-electron chi connectivity index (χ2n) is 7.22. The Hall–Kier alpha value is -1.70. The van der Waals surface area contributed by atoms with Crippen molar-refractivity contribution in [3.05, 3.63) is 23.8 Å². The molecule has 0 bridgehead atoms. The molecule has 7 nitrogen and oxygen atoms in total. The summed E-state index contributed by atoms with van der Waals surface area (Å²) < 4.78 is 11.1. The van der Waals surface area contributed by atoms with E-state index in [4.69, 9.17) is 8.83 Å². The van der Waals surface area contributed by atoms with E-state index in [2.05, 4.69) is 27.0 Å². The number of nitrogens with zero attached hydrogens (tertiary/aromatic N) is 4. The molecule has 0 spiro atoms. The molecule has 0 saturated carbocycles. The minimum absolute atomic E-state index is 0.247. The van der Waals surface area contributed by atoms with Gasteiger partial charge in [0.05, 0.1) is 18.9 Å². The van der Waals surface area contributed by atoms with Gasteiger partial charge in [-0.25, -0.2) is 0 Å². The molecule has 7 heteroatoms. The van der Waals surface area contributed by atoms with Crippen LogP contribution in [0.5, 0.6) is 0 Å². The molecule has 1 fully saturated rings. The number of hydrogen-bond donors (Lipinski definition) is 1. The van der Waals surface area contributed by atoms with E-state index in [1.807, 2.05) is 19.9 Å². The summed E-state index contributed by atoms with van der Waals surface area (Å²) in [4.78, 5) is 4.58. The molecule has 3 rings (SSSR count). The zero-order valence-electron chi connectivity index (χ0n) is 15.3. The van der Waals surface area contributed by atoms with Crippen LogP contribution in [0.2, 0.25) is 0 Å². The van der Waals surface area contributed by atoms with Gasteiger partial charge in [0, 0.05) is 18.7 Å². The summed E-state index contributed by atoms with van der Waals surface area (Å²) in [6.45, 7) is 8.36. The van der Waals surface area contributed by atoms with Gasteiger partial charge < -0.3 is 18.8 Å². The number of β-amino-alcohol motifs (C(OH)–C–C–N with tert-alkyl or cyclic N) is 1. The van der Waals surface area contributed by atoms with Gasteiger partial charge in [-0.15, -0.1) is 10.2 Å². The average molecular weight is 348 g/mol. The lowest BCUT2D eigenvalue weighted by Crippen LogP contribution is -2.40. The summed E-state index contributed by atoms with van der Waals surface area (Å²) in [5.74, 6) is 2.37. The molecule has 138 valence electrons. The van der Waals surface area contributed by atoms with Crippen molar-refractivity contribution in [2.24, 2.45) is 5.92 Å².